The summed E-state index contributed by atoms with van der Waals surface area (Å²) in [6.45, 7) is 5.18. The molecule has 0 unspecified atom stereocenters. The summed E-state index contributed by atoms with van der Waals surface area (Å²) in [5, 5.41) is 10.4. The quantitative estimate of drug-likeness (QED) is 0.909. The molecule has 21 heavy (non-hydrogen) atoms. The Labute approximate surface area is 128 Å². The third-order valence-electron chi connectivity index (χ3n) is 4.22. The van der Waals surface area contributed by atoms with Crippen molar-refractivity contribution in [3.05, 3.63) is 27.8 Å². The van der Waals surface area contributed by atoms with Gasteiger partial charge in [-0.1, -0.05) is 0 Å². The summed E-state index contributed by atoms with van der Waals surface area (Å²) >= 11 is 1.96. The highest BCUT2D eigenvalue weighted by Crippen LogP contribution is 2.24. The van der Waals surface area contributed by atoms with Gasteiger partial charge in [0.15, 0.2) is 0 Å². The van der Waals surface area contributed by atoms with Gasteiger partial charge in [0.25, 0.3) is 0 Å². The first-order valence-corrected chi connectivity index (χ1v) is 8.74. The molecule has 2 fully saturated rings. The number of nitrogens with zero attached hydrogens (tertiary/aromatic N) is 2. The molecule has 0 amide bonds. The standard InChI is InChI=1S/C15H22N2O3S/c18-14-12(9-17-5-7-21-8-6-17)11-20-15(19)13(14)10-16-3-1-2-4-16/h11,18H,1-10H2. The first-order valence-electron chi connectivity index (χ1n) is 7.59. The van der Waals surface area contributed by atoms with Gasteiger partial charge in [-0.05, 0) is 25.9 Å². The summed E-state index contributed by atoms with van der Waals surface area (Å²) in [4.78, 5) is 16.4. The van der Waals surface area contributed by atoms with E-state index in [1.807, 2.05) is 11.8 Å². The molecule has 2 saturated heterocycles. The summed E-state index contributed by atoms with van der Waals surface area (Å²) in [7, 11) is 0. The Bertz CT molecular complexity index is 534. The van der Waals surface area contributed by atoms with E-state index in [0.29, 0.717) is 18.7 Å². The number of thioether (sulfide) groups is 1. The van der Waals surface area contributed by atoms with Crippen LogP contribution in [0.1, 0.15) is 24.0 Å². The lowest BCUT2D eigenvalue weighted by Gasteiger charge is -2.26. The second kappa shape index (κ2) is 6.85. The van der Waals surface area contributed by atoms with Gasteiger partial charge in [0, 0.05) is 43.2 Å². The van der Waals surface area contributed by atoms with Gasteiger partial charge in [-0.25, -0.2) is 4.79 Å². The molecule has 2 aliphatic rings. The summed E-state index contributed by atoms with van der Waals surface area (Å²) in [5.74, 6) is 2.38. The normalized spacial score (nSPS) is 21.0. The molecule has 1 N–H and O–H groups in total. The third kappa shape index (κ3) is 3.62. The lowest BCUT2D eigenvalue weighted by atomic mass is 10.1. The summed E-state index contributed by atoms with van der Waals surface area (Å²) < 4.78 is 5.15. The molecule has 0 aliphatic carbocycles. The van der Waals surface area contributed by atoms with Crippen LogP contribution in [0.25, 0.3) is 0 Å². The van der Waals surface area contributed by atoms with Crippen LogP contribution in [0.15, 0.2) is 15.5 Å². The lowest BCUT2D eigenvalue weighted by Crippen LogP contribution is -2.32. The van der Waals surface area contributed by atoms with Gasteiger partial charge in [0.05, 0.1) is 5.56 Å². The van der Waals surface area contributed by atoms with E-state index in [1.165, 1.54) is 6.26 Å². The average molecular weight is 310 g/mol. The minimum absolute atomic E-state index is 0.136. The number of rotatable bonds is 4. The molecule has 3 heterocycles. The maximum Gasteiger partial charge on any atom is 0.343 e. The summed E-state index contributed by atoms with van der Waals surface area (Å²) in [6, 6.07) is 0. The van der Waals surface area contributed by atoms with E-state index in [4.69, 9.17) is 4.42 Å². The molecule has 116 valence electrons. The maximum absolute atomic E-state index is 11.9. The smallest absolute Gasteiger partial charge is 0.343 e. The van der Waals surface area contributed by atoms with Crippen molar-refractivity contribution in [3.8, 4) is 5.75 Å². The Morgan fingerprint density at radius 3 is 2.48 bits per heavy atom. The van der Waals surface area contributed by atoms with Crippen molar-refractivity contribution in [1.82, 2.24) is 9.80 Å². The monoisotopic (exact) mass is 310 g/mol. The van der Waals surface area contributed by atoms with Crippen LogP contribution >= 0.6 is 11.8 Å². The van der Waals surface area contributed by atoms with Gasteiger partial charge in [0.2, 0.25) is 0 Å². The predicted octanol–water partition coefficient (Wildman–Crippen LogP) is 1.49. The molecule has 6 heteroatoms. The van der Waals surface area contributed by atoms with Crippen molar-refractivity contribution in [2.24, 2.45) is 0 Å². The zero-order valence-electron chi connectivity index (χ0n) is 12.2. The first kappa shape index (κ1) is 14.9. The molecule has 2 aliphatic heterocycles. The maximum atomic E-state index is 11.9. The average Bonchev–Trinajstić information content (AvgIpc) is 3.01. The molecule has 1 aromatic heterocycles. The van der Waals surface area contributed by atoms with Crippen molar-refractivity contribution in [2.75, 3.05) is 37.7 Å². The van der Waals surface area contributed by atoms with Crippen LogP contribution in [0.3, 0.4) is 0 Å². The Kier molecular flexibility index (Phi) is 4.87. The topological polar surface area (TPSA) is 56.9 Å². The molecule has 0 radical (unpaired) electrons. The van der Waals surface area contributed by atoms with Gasteiger partial charge < -0.3 is 9.52 Å². The molecule has 5 nitrogen and oxygen atoms in total. The molecule has 0 saturated carbocycles. The van der Waals surface area contributed by atoms with Crippen LogP contribution in [-0.4, -0.2) is 52.6 Å². The first-order chi connectivity index (χ1) is 10.2. The lowest BCUT2D eigenvalue weighted by molar-refractivity contribution is 0.278. The van der Waals surface area contributed by atoms with Crippen LogP contribution in [-0.2, 0) is 13.1 Å². The molecular weight excluding hydrogens is 288 g/mol. The fourth-order valence-electron chi connectivity index (χ4n) is 2.96. The minimum Gasteiger partial charge on any atom is -0.507 e. The van der Waals surface area contributed by atoms with Crippen molar-refractivity contribution in [1.29, 1.82) is 0 Å². The highest BCUT2D eigenvalue weighted by Gasteiger charge is 2.21. The van der Waals surface area contributed by atoms with Gasteiger partial charge >= 0.3 is 5.63 Å². The molecule has 0 aromatic carbocycles. The Balaban J connectivity index is 1.76. The number of aromatic hydroxyl groups is 1. The van der Waals surface area contributed by atoms with Crippen LogP contribution < -0.4 is 5.63 Å². The fraction of sp³-hybridized carbons (Fsp3) is 0.667. The second-order valence-electron chi connectivity index (χ2n) is 5.75. The molecule has 0 spiro atoms. The van der Waals surface area contributed by atoms with Crippen molar-refractivity contribution in [2.45, 2.75) is 25.9 Å². The van der Waals surface area contributed by atoms with E-state index < -0.39 is 5.63 Å². The van der Waals surface area contributed by atoms with E-state index in [9.17, 15) is 9.90 Å². The van der Waals surface area contributed by atoms with E-state index >= 15 is 0 Å². The second-order valence-corrected chi connectivity index (χ2v) is 6.97. The van der Waals surface area contributed by atoms with Crippen LogP contribution in [0.4, 0.5) is 0 Å². The zero-order chi connectivity index (χ0) is 14.7. The molecule has 0 bridgehead atoms. The van der Waals surface area contributed by atoms with E-state index in [0.717, 1.165) is 56.1 Å². The summed E-state index contributed by atoms with van der Waals surface area (Å²) in [6.07, 6.45) is 3.75. The molecular formula is C15H22N2O3S. The Hall–Kier alpha value is -0.980. The Morgan fingerprint density at radius 2 is 1.76 bits per heavy atom. The zero-order valence-corrected chi connectivity index (χ0v) is 13.0. The summed E-state index contributed by atoms with van der Waals surface area (Å²) in [5.41, 5.74) is 0.744. The number of hydrogen-bond donors (Lipinski definition) is 1. The highest BCUT2D eigenvalue weighted by atomic mass is 32.2. The predicted molar refractivity (Wildman–Crippen MR) is 83.8 cm³/mol. The molecule has 1 aromatic rings. The van der Waals surface area contributed by atoms with Gasteiger partial charge in [-0.2, -0.15) is 11.8 Å². The SMILES string of the molecule is O=c1occ(CN2CCSCC2)c(O)c1CN1CCCC1. The van der Waals surface area contributed by atoms with Crippen LogP contribution in [0.2, 0.25) is 0 Å². The molecule has 3 rings (SSSR count). The third-order valence-corrected chi connectivity index (χ3v) is 5.17. The van der Waals surface area contributed by atoms with Crippen LogP contribution in [0.5, 0.6) is 5.75 Å². The van der Waals surface area contributed by atoms with E-state index in [-0.39, 0.29) is 5.75 Å². The highest BCUT2D eigenvalue weighted by molar-refractivity contribution is 7.99. The van der Waals surface area contributed by atoms with Gasteiger partial charge in [0.1, 0.15) is 12.0 Å². The molecule has 0 atom stereocenters. The van der Waals surface area contributed by atoms with Gasteiger partial charge in [-0.3, -0.25) is 9.80 Å². The van der Waals surface area contributed by atoms with E-state index in [2.05, 4.69) is 9.80 Å². The van der Waals surface area contributed by atoms with Crippen molar-refractivity contribution < 1.29 is 9.52 Å². The van der Waals surface area contributed by atoms with Gasteiger partial charge in [-0.15, -0.1) is 0 Å². The number of likely N-dealkylation sites (tertiary alicyclic amines) is 1. The van der Waals surface area contributed by atoms with Crippen LogP contribution in [0, 0.1) is 0 Å². The van der Waals surface area contributed by atoms with Crippen molar-refractivity contribution >= 4 is 11.8 Å². The fourth-order valence-corrected chi connectivity index (χ4v) is 3.94. The number of hydrogen-bond acceptors (Lipinski definition) is 6. The van der Waals surface area contributed by atoms with E-state index in [1.54, 1.807) is 0 Å². The minimum atomic E-state index is -0.405. The van der Waals surface area contributed by atoms with Crippen molar-refractivity contribution in [3.63, 3.8) is 0 Å². The Morgan fingerprint density at radius 1 is 1.10 bits per heavy atom. The largest absolute Gasteiger partial charge is 0.507 e.